The molecule has 2 fully saturated rings. The van der Waals surface area contributed by atoms with Gasteiger partial charge in [-0.1, -0.05) is 19.3 Å². The fourth-order valence-electron chi connectivity index (χ4n) is 2.88. The number of hydrogen-bond donors (Lipinski definition) is 2. The summed E-state index contributed by atoms with van der Waals surface area (Å²) < 4.78 is 5.52. The van der Waals surface area contributed by atoms with Crippen molar-refractivity contribution in [2.45, 2.75) is 44.2 Å². The number of ether oxygens (including phenoxy) is 1. The molecule has 2 aliphatic rings. The normalized spacial score (nSPS) is 25.9. The van der Waals surface area contributed by atoms with Gasteiger partial charge in [0.05, 0.1) is 13.2 Å². The van der Waals surface area contributed by atoms with Crippen LogP contribution in [0.2, 0.25) is 0 Å². The van der Waals surface area contributed by atoms with E-state index in [2.05, 4.69) is 5.32 Å². The van der Waals surface area contributed by atoms with E-state index in [4.69, 9.17) is 9.84 Å². The molecule has 0 spiro atoms. The van der Waals surface area contributed by atoms with Crippen LogP contribution in [0.15, 0.2) is 0 Å². The number of carbonyl (C=O) groups excluding carboxylic acids is 1. The number of aliphatic hydroxyl groups is 1. The molecule has 0 aromatic carbocycles. The highest BCUT2D eigenvalue weighted by Gasteiger charge is 2.31. The molecule has 1 unspecified atom stereocenters. The van der Waals surface area contributed by atoms with Crippen LogP contribution in [-0.2, 0) is 9.53 Å². The highest BCUT2D eigenvalue weighted by Crippen LogP contribution is 2.23. The molecule has 0 aromatic heterocycles. The van der Waals surface area contributed by atoms with Crippen LogP contribution in [0.25, 0.3) is 0 Å². The first kappa shape index (κ1) is 13.8. The van der Waals surface area contributed by atoms with Gasteiger partial charge in [-0.3, -0.25) is 4.79 Å². The largest absolute Gasteiger partial charge is 0.395 e. The monoisotopic (exact) mass is 256 g/mol. The van der Waals surface area contributed by atoms with Gasteiger partial charge in [0.15, 0.2) is 0 Å². The fourth-order valence-corrected chi connectivity index (χ4v) is 2.88. The van der Waals surface area contributed by atoms with Crippen molar-refractivity contribution in [2.75, 3.05) is 32.8 Å². The smallest absolute Gasteiger partial charge is 0.253 e. The lowest BCUT2D eigenvalue weighted by Crippen LogP contribution is -2.53. The summed E-state index contributed by atoms with van der Waals surface area (Å²) in [6.07, 6.45) is 5.39. The van der Waals surface area contributed by atoms with Crippen LogP contribution in [0.4, 0.5) is 0 Å². The average molecular weight is 256 g/mol. The Labute approximate surface area is 108 Å². The molecular formula is C13H24N2O3. The molecule has 2 rings (SSSR count). The maximum Gasteiger partial charge on any atom is 0.253 e. The maximum absolute atomic E-state index is 12.4. The van der Waals surface area contributed by atoms with Gasteiger partial charge in [-0.15, -0.1) is 0 Å². The number of amides is 1. The Morgan fingerprint density at radius 2 is 2.11 bits per heavy atom. The molecule has 18 heavy (non-hydrogen) atoms. The summed E-state index contributed by atoms with van der Waals surface area (Å²) in [7, 11) is 0. The van der Waals surface area contributed by atoms with Gasteiger partial charge < -0.3 is 20.1 Å². The zero-order valence-corrected chi connectivity index (χ0v) is 10.9. The summed E-state index contributed by atoms with van der Waals surface area (Å²) in [4.78, 5) is 14.3. The van der Waals surface area contributed by atoms with E-state index in [9.17, 15) is 4.79 Å². The maximum atomic E-state index is 12.4. The SMILES string of the molecule is O=C(C1CNCCO1)N(CCO)C1CCCCC1. The van der Waals surface area contributed by atoms with Crippen LogP contribution < -0.4 is 5.32 Å². The minimum Gasteiger partial charge on any atom is -0.395 e. The first-order valence-electron chi connectivity index (χ1n) is 7.06. The molecule has 0 bridgehead atoms. The molecule has 0 aromatic rings. The average Bonchev–Trinajstić information content (AvgIpc) is 2.46. The lowest BCUT2D eigenvalue weighted by molar-refractivity contribution is -0.149. The van der Waals surface area contributed by atoms with Crippen molar-refractivity contribution >= 4 is 5.91 Å². The van der Waals surface area contributed by atoms with Crippen LogP contribution in [0.3, 0.4) is 0 Å². The molecule has 1 saturated heterocycles. The Morgan fingerprint density at radius 1 is 1.33 bits per heavy atom. The number of rotatable bonds is 4. The summed E-state index contributed by atoms with van der Waals surface area (Å²) >= 11 is 0. The lowest BCUT2D eigenvalue weighted by Gasteiger charge is -2.37. The van der Waals surface area contributed by atoms with E-state index in [0.29, 0.717) is 25.7 Å². The van der Waals surface area contributed by atoms with Crippen LogP contribution in [-0.4, -0.2) is 60.9 Å². The first-order chi connectivity index (χ1) is 8.83. The third-order valence-electron chi connectivity index (χ3n) is 3.84. The van der Waals surface area contributed by atoms with Crippen LogP contribution in [0.1, 0.15) is 32.1 Å². The predicted molar refractivity (Wildman–Crippen MR) is 68.3 cm³/mol. The summed E-state index contributed by atoms with van der Waals surface area (Å²) in [5.74, 6) is 0.0446. The van der Waals surface area contributed by atoms with Crippen LogP contribution in [0, 0.1) is 0 Å². The zero-order chi connectivity index (χ0) is 12.8. The van der Waals surface area contributed by atoms with Gasteiger partial charge in [-0.2, -0.15) is 0 Å². The number of hydrogen-bond acceptors (Lipinski definition) is 4. The number of nitrogens with one attached hydrogen (secondary N) is 1. The molecule has 2 N–H and O–H groups in total. The zero-order valence-electron chi connectivity index (χ0n) is 10.9. The second-order valence-electron chi connectivity index (χ2n) is 5.11. The van der Waals surface area contributed by atoms with E-state index in [-0.39, 0.29) is 18.6 Å². The van der Waals surface area contributed by atoms with Crippen molar-refractivity contribution in [3.8, 4) is 0 Å². The van der Waals surface area contributed by atoms with Gasteiger partial charge in [0.1, 0.15) is 6.10 Å². The molecule has 1 amide bonds. The van der Waals surface area contributed by atoms with E-state index >= 15 is 0 Å². The van der Waals surface area contributed by atoms with Crippen LogP contribution >= 0.6 is 0 Å². The van der Waals surface area contributed by atoms with E-state index in [1.165, 1.54) is 19.3 Å². The number of morpholine rings is 1. The Hall–Kier alpha value is -0.650. The van der Waals surface area contributed by atoms with Crippen molar-refractivity contribution in [3.63, 3.8) is 0 Å². The molecule has 1 aliphatic carbocycles. The summed E-state index contributed by atoms with van der Waals surface area (Å²) in [6, 6.07) is 0.295. The minimum atomic E-state index is -0.368. The molecule has 0 radical (unpaired) electrons. The van der Waals surface area contributed by atoms with Gasteiger partial charge in [-0.05, 0) is 12.8 Å². The second-order valence-corrected chi connectivity index (χ2v) is 5.11. The Morgan fingerprint density at radius 3 is 2.72 bits per heavy atom. The third kappa shape index (κ3) is 3.43. The topological polar surface area (TPSA) is 61.8 Å². The number of carbonyl (C=O) groups is 1. The second kappa shape index (κ2) is 7.07. The van der Waals surface area contributed by atoms with Gasteiger partial charge in [0, 0.05) is 25.7 Å². The Kier molecular flexibility index (Phi) is 5.41. The van der Waals surface area contributed by atoms with Crippen molar-refractivity contribution in [2.24, 2.45) is 0 Å². The summed E-state index contributed by atoms with van der Waals surface area (Å²) in [5.41, 5.74) is 0. The number of nitrogens with zero attached hydrogens (tertiary/aromatic N) is 1. The molecular weight excluding hydrogens is 232 g/mol. The number of aliphatic hydroxyl groups excluding tert-OH is 1. The lowest BCUT2D eigenvalue weighted by atomic mass is 9.94. The standard InChI is InChI=1S/C13H24N2O3/c16-8-7-15(11-4-2-1-3-5-11)13(17)12-10-14-6-9-18-12/h11-12,14,16H,1-10H2. The molecule has 1 aliphatic heterocycles. The van der Waals surface area contributed by atoms with Gasteiger partial charge in [0.25, 0.3) is 5.91 Å². The third-order valence-corrected chi connectivity index (χ3v) is 3.84. The van der Waals surface area contributed by atoms with E-state index in [1.807, 2.05) is 4.90 Å². The van der Waals surface area contributed by atoms with Crippen molar-refractivity contribution in [3.05, 3.63) is 0 Å². The molecule has 1 heterocycles. The predicted octanol–water partition coefficient (Wildman–Crippen LogP) is 0.128. The minimum absolute atomic E-state index is 0.0301. The molecule has 104 valence electrons. The molecule has 1 atom stereocenters. The molecule has 5 heteroatoms. The van der Waals surface area contributed by atoms with Crippen molar-refractivity contribution in [1.29, 1.82) is 0 Å². The first-order valence-corrected chi connectivity index (χ1v) is 7.06. The fraction of sp³-hybridized carbons (Fsp3) is 0.923. The quantitative estimate of drug-likeness (QED) is 0.750. The van der Waals surface area contributed by atoms with E-state index < -0.39 is 0 Å². The van der Waals surface area contributed by atoms with E-state index in [1.54, 1.807) is 0 Å². The highest BCUT2D eigenvalue weighted by molar-refractivity contribution is 5.81. The summed E-state index contributed by atoms with van der Waals surface area (Å²) in [6.45, 7) is 2.46. The van der Waals surface area contributed by atoms with Crippen molar-refractivity contribution < 1.29 is 14.6 Å². The Bertz CT molecular complexity index is 261. The van der Waals surface area contributed by atoms with Gasteiger partial charge in [-0.25, -0.2) is 0 Å². The highest BCUT2D eigenvalue weighted by atomic mass is 16.5. The summed E-state index contributed by atoms with van der Waals surface area (Å²) in [5, 5.41) is 12.3. The molecule has 5 nitrogen and oxygen atoms in total. The van der Waals surface area contributed by atoms with Crippen LogP contribution in [0.5, 0.6) is 0 Å². The van der Waals surface area contributed by atoms with Gasteiger partial charge in [0.2, 0.25) is 0 Å². The van der Waals surface area contributed by atoms with E-state index in [0.717, 1.165) is 19.4 Å². The van der Waals surface area contributed by atoms with Gasteiger partial charge >= 0.3 is 0 Å². The van der Waals surface area contributed by atoms with Crippen molar-refractivity contribution in [1.82, 2.24) is 10.2 Å². The molecule has 1 saturated carbocycles. The Balaban J connectivity index is 1.96.